The van der Waals surface area contributed by atoms with Gasteiger partial charge in [0.25, 0.3) is 0 Å². The Bertz CT molecular complexity index is 350. The van der Waals surface area contributed by atoms with Crippen LogP contribution < -0.4 is 24.8 Å². The molecule has 0 aliphatic rings. The Labute approximate surface area is 221 Å². The van der Waals surface area contributed by atoms with E-state index in [2.05, 4.69) is 76.2 Å². The van der Waals surface area contributed by atoms with E-state index < -0.39 is 0 Å². The predicted molar refractivity (Wildman–Crippen MR) is 132 cm³/mol. The van der Waals surface area contributed by atoms with Crippen LogP contribution in [0.3, 0.4) is 0 Å². The van der Waals surface area contributed by atoms with Crippen molar-refractivity contribution >= 4 is 0 Å². The predicted octanol–water partition coefficient (Wildman–Crippen LogP) is 2.82. The molecule has 0 radical (unpaired) electrons. The van der Waals surface area contributed by atoms with Crippen LogP contribution in [0.15, 0.2) is 48.5 Å². The number of rotatable bonds is 4. The Morgan fingerprint density at radius 2 is 0.655 bits per heavy atom. The molecule has 0 amide bonds. The van der Waals surface area contributed by atoms with Crippen molar-refractivity contribution < 1.29 is 50.7 Å². The zero-order valence-corrected chi connectivity index (χ0v) is 26.5. The molecule has 2 rings (SSSR count). The Kier molecular flexibility index (Phi) is 102. The van der Waals surface area contributed by atoms with E-state index in [1.165, 1.54) is 24.0 Å². The van der Waals surface area contributed by atoms with Gasteiger partial charge in [0.1, 0.15) is 0 Å². The summed E-state index contributed by atoms with van der Waals surface area (Å²) in [5.74, 6) is 1.57. The van der Waals surface area contributed by atoms with Gasteiger partial charge in [-0.3, -0.25) is 0 Å². The van der Waals surface area contributed by atoms with E-state index in [4.69, 9.17) is 0 Å². The van der Waals surface area contributed by atoms with Crippen LogP contribution in [0.1, 0.15) is 38.8 Å². The summed E-state index contributed by atoms with van der Waals surface area (Å²) in [6, 6.07) is 17.1. The van der Waals surface area contributed by atoms with Crippen LogP contribution in [0.5, 0.6) is 0 Å². The average molecular weight is 612 g/mol. The zero-order valence-electron chi connectivity index (χ0n) is 21.4. The van der Waals surface area contributed by atoms with Gasteiger partial charge in [-0.2, -0.15) is 35.4 Å². The van der Waals surface area contributed by atoms with Crippen molar-refractivity contribution in [2.45, 2.75) is 40.5 Å². The van der Waals surface area contributed by atoms with Crippen molar-refractivity contribution in [3.8, 4) is 0 Å². The van der Waals surface area contributed by atoms with Gasteiger partial charge in [-0.05, 0) is 0 Å². The number of hydrogen-bond donors (Lipinski definition) is 0. The molecule has 0 aliphatic heterocycles. The van der Waals surface area contributed by atoms with E-state index in [0.29, 0.717) is 0 Å². The SMILES string of the molecule is CC(C)C[c-]1cccc1.CC(C)C[c-]1cccc1.[CH3-].[CH3-].[CH3-].[CH3-].[CH3-].[CH3-].[CH3-].[CH3-].[Cl-].[Cl-].[Hf]. The maximum absolute atomic E-state index is 2.24. The first-order chi connectivity index (χ1) is 8.58. The Morgan fingerprint density at radius 1 is 0.483 bits per heavy atom. The topological polar surface area (TPSA) is 0 Å². The molecule has 0 atom stereocenters. The molecule has 29 heavy (non-hydrogen) atoms. The summed E-state index contributed by atoms with van der Waals surface area (Å²) in [6.45, 7) is 8.97. The van der Waals surface area contributed by atoms with Crippen molar-refractivity contribution in [1.82, 2.24) is 0 Å². The molecule has 0 unspecified atom stereocenters. The van der Waals surface area contributed by atoms with Crippen molar-refractivity contribution in [2.75, 3.05) is 0 Å². The molecule has 0 aromatic heterocycles. The van der Waals surface area contributed by atoms with Gasteiger partial charge in [-0.15, -0.1) is 0 Å². The van der Waals surface area contributed by atoms with Crippen LogP contribution in [-0.4, -0.2) is 0 Å². The average Bonchev–Trinajstić information content (AvgIpc) is 2.90. The van der Waals surface area contributed by atoms with E-state index in [9.17, 15) is 0 Å². The smallest absolute Gasteiger partial charge is 0 e. The van der Waals surface area contributed by atoms with Gasteiger partial charge in [0.2, 0.25) is 0 Å². The second-order valence-electron chi connectivity index (χ2n) is 5.78. The van der Waals surface area contributed by atoms with Crippen LogP contribution in [0.25, 0.3) is 0 Å². The second kappa shape index (κ2) is 42.3. The zero-order chi connectivity index (χ0) is 13.4. The van der Waals surface area contributed by atoms with Gasteiger partial charge in [-0.25, -0.2) is 24.3 Å². The van der Waals surface area contributed by atoms with E-state index in [0.717, 1.165) is 11.8 Å². The van der Waals surface area contributed by atoms with Gasteiger partial charge >= 0.3 is 0 Å². The summed E-state index contributed by atoms with van der Waals surface area (Å²) in [5.41, 5.74) is 2.93. The van der Waals surface area contributed by atoms with Crippen molar-refractivity contribution in [2.24, 2.45) is 11.8 Å². The molecule has 2 aromatic rings. The second-order valence-corrected chi connectivity index (χ2v) is 5.78. The maximum Gasteiger partial charge on any atom is 0 e. The van der Waals surface area contributed by atoms with Crippen LogP contribution in [0, 0.1) is 71.2 Å². The fraction of sp³-hybridized carbons (Fsp3) is 0.308. The fourth-order valence-corrected chi connectivity index (χ4v) is 2.04. The van der Waals surface area contributed by atoms with Crippen molar-refractivity contribution in [3.05, 3.63) is 119 Å². The third-order valence-electron chi connectivity index (χ3n) is 2.75. The summed E-state index contributed by atoms with van der Waals surface area (Å²) in [4.78, 5) is 0. The van der Waals surface area contributed by atoms with Crippen molar-refractivity contribution in [3.63, 3.8) is 0 Å². The van der Waals surface area contributed by atoms with Crippen LogP contribution >= 0.6 is 0 Å². The molecule has 0 heterocycles. The van der Waals surface area contributed by atoms with Gasteiger partial charge in [0.05, 0.1) is 0 Å². The monoisotopic (exact) mass is 612 g/mol. The number of hydrogen-bond acceptors (Lipinski definition) is 0. The van der Waals surface area contributed by atoms with Crippen LogP contribution in [0.4, 0.5) is 0 Å². The van der Waals surface area contributed by atoms with Crippen LogP contribution in [0.2, 0.25) is 0 Å². The minimum Gasteiger partial charge on any atom is -1.00 e. The Morgan fingerprint density at radius 3 is 0.793 bits per heavy atom. The largest absolute Gasteiger partial charge is 1.00 e. The van der Waals surface area contributed by atoms with E-state index in [1.54, 1.807) is 0 Å². The third kappa shape index (κ3) is 39.2. The molecule has 2 aromatic carbocycles. The minimum atomic E-state index is 0. The molecule has 0 saturated carbocycles. The molecule has 3 heteroatoms. The quantitative estimate of drug-likeness (QED) is 0.369. The first kappa shape index (κ1) is 70.1. The van der Waals surface area contributed by atoms with Gasteiger partial charge in [0.15, 0.2) is 0 Å². The number of halogens is 2. The molecule has 0 spiro atoms. The first-order valence-electron chi connectivity index (χ1n) is 6.99. The Balaban J connectivity index is -0.0000000180. The van der Waals surface area contributed by atoms with Gasteiger partial charge in [-0.1, -0.05) is 52.4 Å². The summed E-state index contributed by atoms with van der Waals surface area (Å²) in [6.07, 6.45) is 2.43. The summed E-state index contributed by atoms with van der Waals surface area (Å²) in [7, 11) is 0. The molecule has 0 fully saturated rings. The van der Waals surface area contributed by atoms with Gasteiger partial charge < -0.3 is 84.2 Å². The van der Waals surface area contributed by atoms with Gasteiger partial charge in [0, 0.05) is 25.8 Å². The first-order valence-corrected chi connectivity index (χ1v) is 6.99. The standard InChI is InChI=1S/2C9H13.8CH3.2ClH.Hf/c2*1-8(2)7-9-5-3-4-6-9;;;;;;;;;;;/h2*3-6,8H,7H2,1-2H3;8*1H3;2*1H;/q10*-1;;;/p-2. The summed E-state index contributed by atoms with van der Waals surface area (Å²) >= 11 is 0. The normalized spacial score (nSPS) is 6.55. The van der Waals surface area contributed by atoms with E-state index in [1.807, 2.05) is 0 Å². The summed E-state index contributed by atoms with van der Waals surface area (Å²) in [5, 5.41) is 0. The molecule has 0 N–H and O–H groups in total. The fourth-order valence-electron chi connectivity index (χ4n) is 2.04. The van der Waals surface area contributed by atoms with Crippen LogP contribution in [-0.2, 0) is 38.7 Å². The van der Waals surface area contributed by atoms with E-state index in [-0.39, 0.29) is 110 Å². The molecule has 184 valence electrons. The maximum atomic E-state index is 2.24. The van der Waals surface area contributed by atoms with Crippen molar-refractivity contribution in [1.29, 1.82) is 0 Å². The molecule has 0 nitrogen and oxygen atoms in total. The summed E-state index contributed by atoms with van der Waals surface area (Å²) < 4.78 is 0. The molecular weight excluding hydrogens is 562 g/mol. The molecular formula is C26H50Cl2Hf-12. The minimum absolute atomic E-state index is 0. The molecule has 0 bridgehead atoms. The molecule has 0 saturated heterocycles. The van der Waals surface area contributed by atoms with E-state index >= 15 is 0 Å². The third-order valence-corrected chi connectivity index (χ3v) is 2.75. The Hall–Kier alpha value is 0.150. The molecule has 0 aliphatic carbocycles.